The Morgan fingerprint density at radius 3 is 2.27 bits per heavy atom. The third-order valence-electron chi connectivity index (χ3n) is 4.79. The lowest BCUT2D eigenvalue weighted by molar-refractivity contribution is 0.0954. The first-order chi connectivity index (χ1) is 15.9. The van der Waals surface area contributed by atoms with Crippen molar-refractivity contribution < 1.29 is 22.7 Å². The van der Waals surface area contributed by atoms with Crippen molar-refractivity contribution in [1.82, 2.24) is 5.32 Å². The highest BCUT2D eigenvalue weighted by Gasteiger charge is 2.09. The first-order valence-corrected chi connectivity index (χ1v) is 11.8. The Hall–Kier alpha value is -3.78. The van der Waals surface area contributed by atoms with E-state index in [0.29, 0.717) is 35.7 Å². The van der Waals surface area contributed by atoms with Crippen LogP contribution < -0.4 is 19.5 Å². The van der Waals surface area contributed by atoms with Gasteiger partial charge >= 0.3 is 0 Å². The predicted octanol–water partition coefficient (Wildman–Crippen LogP) is 4.09. The molecule has 0 spiro atoms. The molecule has 0 unspecified atom stereocenters. The molecular formula is C25H26N2O5S. The standard InChI is InChI=1S/C25H26N2O5S/c1-31-23-13-8-20(18-24(23)32-2)14-16-26-25(28)21-9-11-22(12-10-21)27-33(29,30)17-15-19-6-4-3-5-7-19/h3-13,15,17-18,27H,14,16H2,1-2H3,(H,26,28). The van der Waals surface area contributed by atoms with Gasteiger partial charge in [-0.2, -0.15) is 0 Å². The molecule has 1 amide bonds. The highest BCUT2D eigenvalue weighted by molar-refractivity contribution is 7.95. The fraction of sp³-hybridized carbons (Fsp3) is 0.160. The Labute approximate surface area is 194 Å². The molecule has 8 heteroatoms. The molecule has 0 aromatic heterocycles. The first kappa shape index (κ1) is 23.9. The largest absolute Gasteiger partial charge is 0.493 e. The van der Waals surface area contributed by atoms with Crippen LogP contribution in [0.1, 0.15) is 21.5 Å². The van der Waals surface area contributed by atoms with Crippen LogP contribution in [0.3, 0.4) is 0 Å². The molecule has 0 saturated heterocycles. The maximum absolute atomic E-state index is 12.4. The summed E-state index contributed by atoms with van der Waals surface area (Å²) in [6, 6.07) is 21.0. The van der Waals surface area contributed by atoms with E-state index in [1.807, 2.05) is 48.5 Å². The molecule has 3 aromatic carbocycles. The molecular weight excluding hydrogens is 440 g/mol. The maximum Gasteiger partial charge on any atom is 0.255 e. The van der Waals surface area contributed by atoms with Crippen LogP contribution >= 0.6 is 0 Å². The lowest BCUT2D eigenvalue weighted by atomic mass is 10.1. The van der Waals surface area contributed by atoms with E-state index in [2.05, 4.69) is 10.0 Å². The summed E-state index contributed by atoms with van der Waals surface area (Å²) in [4.78, 5) is 12.4. The molecule has 0 aliphatic carbocycles. The van der Waals surface area contributed by atoms with Crippen molar-refractivity contribution >= 4 is 27.7 Å². The molecule has 2 N–H and O–H groups in total. The monoisotopic (exact) mass is 466 g/mol. The molecule has 0 atom stereocenters. The van der Waals surface area contributed by atoms with E-state index in [1.165, 1.54) is 6.08 Å². The molecule has 0 bridgehead atoms. The summed E-state index contributed by atoms with van der Waals surface area (Å²) in [6.45, 7) is 0.437. The van der Waals surface area contributed by atoms with Crippen LogP contribution in [0.25, 0.3) is 6.08 Å². The Bertz CT molecular complexity index is 1210. The fourth-order valence-electron chi connectivity index (χ4n) is 3.08. The summed E-state index contributed by atoms with van der Waals surface area (Å²) >= 11 is 0. The van der Waals surface area contributed by atoms with Gasteiger partial charge in [-0.05, 0) is 60.0 Å². The van der Waals surface area contributed by atoms with Crippen LogP contribution in [0, 0.1) is 0 Å². The van der Waals surface area contributed by atoms with Gasteiger partial charge in [0.1, 0.15) is 0 Å². The number of hydrogen-bond donors (Lipinski definition) is 2. The molecule has 3 aromatic rings. The van der Waals surface area contributed by atoms with Crippen molar-refractivity contribution in [2.24, 2.45) is 0 Å². The number of carbonyl (C=O) groups is 1. The van der Waals surface area contributed by atoms with Gasteiger partial charge in [-0.25, -0.2) is 8.42 Å². The second kappa shape index (κ2) is 11.2. The summed E-state index contributed by atoms with van der Waals surface area (Å²) in [5.74, 6) is 1.04. The van der Waals surface area contributed by atoms with Crippen LogP contribution in [0.4, 0.5) is 5.69 Å². The van der Waals surface area contributed by atoms with Gasteiger partial charge in [-0.1, -0.05) is 36.4 Å². The lowest BCUT2D eigenvalue weighted by Crippen LogP contribution is -2.25. The number of benzene rings is 3. The van der Waals surface area contributed by atoms with Crippen molar-refractivity contribution in [2.75, 3.05) is 25.5 Å². The van der Waals surface area contributed by atoms with Crippen LogP contribution in [0.15, 0.2) is 78.2 Å². The van der Waals surface area contributed by atoms with E-state index in [9.17, 15) is 13.2 Å². The minimum absolute atomic E-state index is 0.242. The molecule has 0 saturated carbocycles. The van der Waals surface area contributed by atoms with Crippen molar-refractivity contribution in [1.29, 1.82) is 0 Å². The highest BCUT2D eigenvalue weighted by Crippen LogP contribution is 2.27. The van der Waals surface area contributed by atoms with Gasteiger partial charge in [0.05, 0.1) is 19.6 Å². The number of ether oxygens (including phenoxy) is 2. The molecule has 0 radical (unpaired) electrons. The van der Waals surface area contributed by atoms with Gasteiger partial charge in [-0.15, -0.1) is 0 Å². The number of methoxy groups -OCH3 is 2. The van der Waals surface area contributed by atoms with Crippen molar-refractivity contribution in [3.63, 3.8) is 0 Å². The molecule has 7 nitrogen and oxygen atoms in total. The van der Waals surface area contributed by atoms with E-state index in [-0.39, 0.29) is 5.91 Å². The van der Waals surface area contributed by atoms with E-state index >= 15 is 0 Å². The van der Waals surface area contributed by atoms with Crippen LogP contribution in [-0.2, 0) is 16.4 Å². The Morgan fingerprint density at radius 1 is 0.909 bits per heavy atom. The lowest BCUT2D eigenvalue weighted by Gasteiger charge is -2.10. The molecule has 172 valence electrons. The summed E-state index contributed by atoms with van der Waals surface area (Å²) in [6.07, 6.45) is 2.14. The Balaban J connectivity index is 1.53. The predicted molar refractivity (Wildman–Crippen MR) is 130 cm³/mol. The molecule has 0 aliphatic heterocycles. The van der Waals surface area contributed by atoms with E-state index in [0.717, 1.165) is 16.5 Å². The number of rotatable bonds is 10. The SMILES string of the molecule is COc1ccc(CCNC(=O)c2ccc(NS(=O)(=O)C=Cc3ccccc3)cc2)cc1OC. The number of carbonyl (C=O) groups excluding carboxylic acids is 1. The fourth-order valence-corrected chi connectivity index (χ4v) is 3.95. The minimum Gasteiger partial charge on any atom is -0.493 e. The summed E-state index contributed by atoms with van der Waals surface area (Å²) in [5.41, 5.74) is 2.59. The van der Waals surface area contributed by atoms with Crippen LogP contribution in [0.2, 0.25) is 0 Å². The Morgan fingerprint density at radius 2 is 1.61 bits per heavy atom. The van der Waals surface area contributed by atoms with E-state index in [4.69, 9.17) is 9.47 Å². The average Bonchev–Trinajstić information content (AvgIpc) is 2.83. The normalized spacial score (nSPS) is 11.2. The summed E-state index contributed by atoms with van der Waals surface area (Å²) in [7, 11) is -0.517. The van der Waals surface area contributed by atoms with Gasteiger partial charge in [0.2, 0.25) is 0 Å². The van der Waals surface area contributed by atoms with Gasteiger partial charge in [0, 0.05) is 17.8 Å². The Kier molecular flexibility index (Phi) is 8.10. The molecule has 0 heterocycles. The van der Waals surface area contributed by atoms with Crippen LogP contribution in [-0.4, -0.2) is 35.1 Å². The van der Waals surface area contributed by atoms with Gasteiger partial charge in [-0.3, -0.25) is 9.52 Å². The molecule has 3 rings (SSSR count). The zero-order valence-corrected chi connectivity index (χ0v) is 19.3. The van der Waals surface area contributed by atoms with E-state index < -0.39 is 10.0 Å². The van der Waals surface area contributed by atoms with Crippen molar-refractivity contribution in [2.45, 2.75) is 6.42 Å². The molecule has 0 fully saturated rings. The number of anilines is 1. The first-order valence-electron chi connectivity index (χ1n) is 10.3. The van der Waals surface area contributed by atoms with Crippen LogP contribution in [0.5, 0.6) is 11.5 Å². The second-order valence-corrected chi connectivity index (χ2v) is 8.70. The van der Waals surface area contributed by atoms with Gasteiger partial charge in [0.25, 0.3) is 15.9 Å². The average molecular weight is 467 g/mol. The number of sulfonamides is 1. The number of amides is 1. The summed E-state index contributed by atoms with van der Waals surface area (Å²) in [5, 5.41) is 3.97. The quantitative estimate of drug-likeness (QED) is 0.469. The smallest absolute Gasteiger partial charge is 0.255 e. The maximum atomic E-state index is 12.4. The number of nitrogens with one attached hydrogen (secondary N) is 2. The van der Waals surface area contributed by atoms with Crippen molar-refractivity contribution in [3.05, 3.63) is 94.9 Å². The van der Waals surface area contributed by atoms with E-state index in [1.54, 1.807) is 38.5 Å². The number of hydrogen-bond acceptors (Lipinski definition) is 5. The summed E-state index contributed by atoms with van der Waals surface area (Å²) < 4.78 is 37.5. The zero-order valence-electron chi connectivity index (χ0n) is 18.4. The zero-order chi connectivity index (χ0) is 23.7. The van der Waals surface area contributed by atoms with Gasteiger partial charge in [0.15, 0.2) is 11.5 Å². The highest BCUT2D eigenvalue weighted by atomic mass is 32.2. The molecule has 0 aliphatic rings. The van der Waals surface area contributed by atoms with Gasteiger partial charge < -0.3 is 14.8 Å². The second-order valence-electron chi connectivity index (χ2n) is 7.13. The third-order valence-corrected chi connectivity index (χ3v) is 5.81. The van der Waals surface area contributed by atoms with Crippen molar-refractivity contribution in [3.8, 4) is 11.5 Å². The topological polar surface area (TPSA) is 93.7 Å². The molecule has 33 heavy (non-hydrogen) atoms. The third kappa shape index (κ3) is 7.11. The minimum atomic E-state index is -3.67.